The van der Waals surface area contributed by atoms with E-state index >= 15 is 0 Å². The first-order valence-corrected chi connectivity index (χ1v) is 8.83. The van der Waals surface area contributed by atoms with Crippen LogP contribution in [0, 0.1) is 0 Å². The molecule has 0 atom stereocenters. The van der Waals surface area contributed by atoms with Crippen LogP contribution < -0.4 is 10.2 Å². The van der Waals surface area contributed by atoms with E-state index in [2.05, 4.69) is 40.7 Å². The van der Waals surface area contributed by atoms with E-state index in [0.717, 1.165) is 13.1 Å². The van der Waals surface area contributed by atoms with Gasteiger partial charge in [-0.05, 0) is 61.9 Å². The molecule has 1 aliphatic heterocycles. The Kier molecular flexibility index (Phi) is 6.58. The highest BCUT2D eigenvalue weighted by molar-refractivity contribution is 7.98. The monoisotopic (exact) mass is 278 g/mol. The summed E-state index contributed by atoms with van der Waals surface area (Å²) in [5.74, 6) is 1.25. The first-order valence-electron chi connectivity index (χ1n) is 7.44. The van der Waals surface area contributed by atoms with Gasteiger partial charge in [-0.1, -0.05) is 12.1 Å². The van der Waals surface area contributed by atoms with Gasteiger partial charge in [-0.25, -0.2) is 0 Å². The molecule has 1 saturated heterocycles. The van der Waals surface area contributed by atoms with Gasteiger partial charge in [0.1, 0.15) is 0 Å². The van der Waals surface area contributed by atoms with Crippen molar-refractivity contribution < 1.29 is 0 Å². The molecule has 0 aromatic heterocycles. The van der Waals surface area contributed by atoms with Crippen molar-refractivity contribution >= 4 is 17.4 Å². The van der Waals surface area contributed by atoms with Gasteiger partial charge in [0.15, 0.2) is 0 Å². The molecular weight excluding hydrogens is 252 g/mol. The molecule has 1 aliphatic rings. The Bertz CT molecular complexity index is 344. The highest BCUT2D eigenvalue weighted by atomic mass is 32.2. The normalized spacial score (nSPS) is 15.7. The van der Waals surface area contributed by atoms with Gasteiger partial charge < -0.3 is 10.2 Å². The van der Waals surface area contributed by atoms with Gasteiger partial charge >= 0.3 is 0 Å². The van der Waals surface area contributed by atoms with Crippen molar-refractivity contribution in [3.05, 3.63) is 29.8 Å². The van der Waals surface area contributed by atoms with Crippen molar-refractivity contribution in [1.29, 1.82) is 0 Å². The molecule has 2 rings (SSSR count). The van der Waals surface area contributed by atoms with Crippen LogP contribution >= 0.6 is 11.8 Å². The van der Waals surface area contributed by atoms with E-state index in [1.54, 1.807) is 0 Å². The molecule has 0 unspecified atom stereocenters. The van der Waals surface area contributed by atoms with Crippen LogP contribution in [0.2, 0.25) is 0 Å². The van der Waals surface area contributed by atoms with Crippen LogP contribution in [-0.2, 0) is 6.54 Å². The second-order valence-corrected chi connectivity index (χ2v) is 6.22. The molecule has 0 radical (unpaired) electrons. The van der Waals surface area contributed by atoms with Crippen molar-refractivity contribution in [2.75, 3.05) is 36.5 Å². The molecule has 0 bridgehead atoms. The third kappa shape index (κ3) is 5.07. The van der Waals surface area contributed by atoms with Crippen molar-refractivity contribution in [2.45, 2.75) is 32.2 Å². The summed E-state index contributed by atoms with van der Waals surface area (Å²) >= 11 is 1.92. The molecule has 2 nitrogen and oxygen atoms in total. The Balaban J connectivity index is 1.74. The number of anilines is 1. The summed E-state index contributed by atoms with van der Waals surface area (Å²) in [5, 5.41) is 3.51. The van der Waals surface area contributed by atoms with Crippen LogP contribution in [0.5, 0.6) is 0 Å². The average Bonchev–Trinajstić information content (AvgIpc) is 2.49. The second kappa shape index (κ2) is 8.49. The third-order valence-electron chi connectivity index (χ3n) is 3.69. The standard InChI is InChI=1S/C16H26N2S/c1-19-13-5-10-17-14-15-6-8-16(9-7-15)18-11-3-2-4-12-18/h6-9,17H,2-5,10-14H2,1H3. The molecule has 0 aliphatic carbocycles. The van der Waals surface area contributed by atoms with Crippen LogP contribution in [0.3, 0.4) is 0 Å². The number of hydrogen-bond acceptors (Lipinski definition) is 3. The summed E-state index contributed by atoms with van der Waals surface area (Å²) in [6, 6.07) is 9.10. The Morgan fingerprint density at radius 3 is 2.53 bits per heavy atom. The maximum Gasteiger partial charge on any atom is 0.0366 e. The zero-order chi connectivity index (χ0) is 13.3. The van der Waals surface area contributed by atoms with Gasteiger partial charge in [0.2, 0.25) is 0 Å². The van der Waals surface area contributed by atoms with E-state index in [4.69, 9.17) is 0 Å². The molecule has 19 heavy (non-hydrogen) atoms. The van der Waals surface area contributed by atoms with Crippen LogP contribution in [0.4, 0.5) is 5.69 Å². The topological polar surface area (TPSA) is 15.3 Å². The fraction of sp³-hybridized carbons (Fsp3) is 0.625. The molecule has 1 heterocycles. The molecule has 1 N–H and O–H groups in total. The summed E-state index contributed by atoms with van der Waals surface area (Å²) in [4.78, 5) is 2.51. The van der Waals surface area contributed by atoms with Crippen LogP contribution in [-0.4, -0.2) is 31.6 Å². The fourth-order valence-corrected chi connectivity index (χ4v) is 2.98. The average molecular weight is 278 g/mol. The first-order chi connectivity index (χ1) is 9.40. The lowest BCUT2D eigenvalue weighted by molar-refractivity contribution is 0.578. The van der Waals surface area contributed by atoms with Gasteiger partial charge in [-0.3, -0.25) is 0 Å². The number of nitrogens with one attached hydrogen (secondary N) is 1. The number of benzene rings is 1. The minimum atomic E-state index is 0.995. The van der Waals surface area contributed by atoms with Crippen LogP contribution in [0.15, 0.2) is 24.3 Å². The second-order valence-electron chi connectivity index (χ2n) is 5.24. The summed E-state index contributed by atoms with van der Waals surface area (Å²) in [6.07, 6.45) is 7.51. The van der Waals surface area contributed by atoms with Crippen molar-refractivity contribution in [1.82, 2.24) is 5.32 Å². The maximum absolute atomic E-state index is 3.51. The zero-order valence-electron chi connectivity index (χ0n) is 12.0. The number of hydrogen-bond donors (Lipinski definition) is 1. The molecule has 0 spiro atoms. The SMILES string of the molecule is CSCCCNCc1ccc(N2CCCCC2)cc1. The highest BCUT2D eigenvalue weighted by Crippen LogP contribution is 2.20. The summed E-state index contributed by atoms with van der Waals surface area (Å²) in [6.45, 7) is 4.57. The Labute approximate surface area is 122 Å². The van der Waals surface area contributed by atoms with Crippen molar-refractivity contribution in [3.8, 4) is 0 Å². The van der Waals surface area contributed by atoms with E-state index in [0.29, 0.717) is 0 Å². The molecule has 0 amide bonds. The smallest absolute Gasteiger partial charge is 0.0366 e. The largest absolute Gasteiger partial charge is 0.372 e. The van der Waals surface area contributed by atoms with Crippen molar-refractivity contribution in [3.63, 3.8) is 0 Å². The van der Waals surface area contributed by atoms with Crippen LogP contribution in [0.1, 0.15) is 31.2 Å². The van der Waals surface area contributed by atoms with Crippen LogP contribution in [0.25, 0.3) is 0 Å². The summed E-state index contributed by atoms with van der Waals surface area (Å²) < 4.78 is 0. The predicted molar refractivity (Wildman–Crippen MR) is 87.2 cm³/mol. The number of rotatable bonds is 7. The Morgan fingerprint density at radius 1 is 1.11 bits per heavy atom. The molecule has 1 fully saturated rings. The Hall–Kier alpha value is -0.670. The van der Waals surface area contributed by atoms with Gasteiger partial charge in [-0.2, -0.15) is 11.8 Å². The lowest BCUT2D eigenvalue weighted by Crippen LogP contribution is -2.29. The van der Waals surface area contributed by atoms with E-state index in [9.17, 15) is 0 Å². The summed E-state index contributed by atoms with van der Waals surface area (Å²) in [5.41, 5.74) is 2.79. The first kappa shape index (κ1) is 14.7. The van der Waals surface area contributed by atoms with Crippen molar-refractivity contribution in [2.24, 2.45) is 0 Å². The molecule has 1 aromatic rings. The van der Waals surface area contributed by atoms with Gasteiger partial charge in [0, 0.05) is 25.3 Å². The highest BCUT2D eigenvalue weighted by Gasteiger charge is 2.10. The molecule has 1 aromatic carbocycles. The quantitative estimate of drug-likeness (QED) is 0.768. The van der Waals surface area contributed by atoms with Gasteiger partial charge in [0.05, 0.1) is 0 Å². The molecule has 3 heteroatoms. The number of thioether (sulfide) groups is 1. The van der Waals surface area contributed by atoms with Gasteiger partial charge in [-0.15, -0.1) is 0 Å². The molecule has 0 saturated carbocycles. The van der Waals surface area contributed by atoms with E-state index < -0.39 is 0 Å². The number of nitrogens with zero attached hydrogens (tertiary/aromatic N) is 1. The minimum absolute atomic E-state index is 0.995. The lowest BCUT2D eigenvalue weighted by atomic mass is 10.1. The lowest BCUT2D eigenvalue weighted by Gasteiger charge is -2.28. The molecule has 106 valence electrons. The predicted octanol–water partition coefficient (Wildman–Crippen LogP) is 3.52. The third-order valence-corrected chi connectivity index (χ3v) is 4.39. The van der Waals surface area contributed by atoms with E-state index in [-0.39, 0.29) is 0 Å². The number of piperidine rings is 1. The van der Waals surface area contributed by atoms with E-state index in [1.807, 2.05) is 11.8 Å². The summed E-state index contributed by atoms with van der Waals surface area (Å²) in [7, 11) is 0. The van der Waals surface area contributed by atoms with E-state index in [1.165, 1.54) is 55.8 Å². The zero-order valence-corrected chi connectivity index (χ0v) is 12.8. The molecular formula is C16H26N2S. The fourth-order valence-electron chi connectivity index (χ4n) is 2.55. The minimum Gasteiger partial charge on any atom is -0.372 e. The van der Waals surface area contributed by atoms with Gasteiger partial charge in [0.25, 0.3) is 0 Å². The maximum atomic E-state index is 3.51. The Morgan fingerprint density at radius 2 is 1.84 bits per heavy atom.